The lowest BCUT2D eigenvalue weighted by Crippen LogP contribution is -2.25. The summed E-state index contributed by atoms with van der Waals surface area (Å²) in [5.41, 5.74) is 1.20. The fraction of sp³-hybridized carbons (Fsp3) is 0.238. The van der Waals surface area contributed by atoms with Crippen molar-refractivity contribution in [2.75, 3.05) is 20.3 Å². The summed E-state index contributed by atoms with van der Waals surface area (Å²) in [7, 11) is 1.61. The summed E-state index contributed by atoms with van der Waals surface area (Å²) in [6.07, 6.45) is 3.29. The number of rotatable bonds is 9. The van der Waals surface area contributed by atoms with Crippen molar-refractivity contribution in [3.8, 4) is 17.2 Å². The van der Waals surface area contributed by atoms with Crippen LogP contribution in [0.25, 0.3) is 5.69 Å². The van der Waals surface area contributed by atoms with Crippen molar-refractivity contribution < 1.29 is 18.7 Å². The Morgan fingerprint density at radius 2 is 1.75 bits per heavy atom. The maximum absolute atomic E-state index is 12.8. The fourth-order valence-electron chi connectivity index (χ4n) is 2.56. The molecule has 3 aromatic rings. The molecule has 6 nitrogen and oxygen atoms in total. The summed E-state index contributed by atoms with van der Waals surface area (Å²) in [4.78, 5) is 12.2. The van der Waals surface area contributed by atoms with E-state index in [-0.39, 0.29) is 11.7 Å². The minimum atomic E-state index is -0.288. The second kappa shape index (κ2) is 9.55. The summed E-state index contributed by atoms with van der Waals surface area (Å²) in [6, 6.07) is 15.0. The Morgan fingerprint density at radius 3 is 2.46 bits per heavy atom. The van der Waals surface area contributed by atoms with E-state index in [4.69, 9.17) is 9.47 Å². The first-order chi connectivity index (χ1) is 13.7. The number of amides is 1. The Kier molecular flexibility index (Phi) is 6.62. The van der Waals surface area contributed by atoms with Gasteiger partial charge >= 0.3 is 0 Å². The zero-order valence-electron chi connectivity index (χ0n) is 15.6. The van der Waals surface area contributed by atoms with Crippen LogP contribution in [0.3, 0.4) is 0 Å². The number of hydrogen-bond donors (Lipinski definition) is 1. The topological polar surface area (TPSA) is 65.4 Å². The molecule has 0 saturated heterocycles. The van der Waals surface area contributed by atoms with Crippen LogP contribution in [-0.4, -0.2) is 35.9 Å². The first kappa shape index (κ1) is 19.4. The molecule has 146 valence electrons. The molecule has 1 aromatic heterocycles. The normalized spacial score (nSPS) is 10.5. The summed E-state index contributed by atoms with van der Waals surface area (Å²) >= 11 is 0. The fourth-order valence-corrected chi connectivity index (χ4v) is 2.56. The molecular weight excluding hydrogens is 361 g/mol. The minimum Gasteiger partial charge on any atom is -0.497 e. The zero-order chi connectivity index (χ0) is 19.8. The maximum Gasteiger partial charge on any atom is 0.271 e. The van der Waals surface area contributed by atoms with E-state index in [1.165, 1.54) is 12.1 Å². The van der Waals surface area contributed by atoms with Gasteiger partial charge in [-0.2, -0.15) is 5.10 Å². The Bertz CT molecular complexity index is 892. The van der Waals surface area contributed by atoms with E-state index in [0.29, 0.717) is 24.6 Å². The number of aromatic nitrogens is 2. The Balaban J connectivity index is 1.39. The van der Waals surface area contributed by atoms with Crippen LogP contribution in [0.5, 0.6) is 11.5 Å². The Labute approximate surface area is 162 Å². The van der Waals surface area contributed by atoms with Crippen molar-refractivity contribution in [2.45, 2.75) is 12.8 Å². The average Bonchev–Trinajstić information content (AvgIpc) is 3.22. The number of ether oxygens (including phenoxy) is 2. The molecule has 0 bridgehead atoms. The highest BCUT2D eigenvalue weighted by Crippen LogP contribution is 2.14. The number of nitrogens with zero attached hydrogens (tertiary/aromatic N) is 2. The molecule has 7 heteroatoms. The molecule has 0 fully saturated rings. The first-order valence-electron chi connectivity index (χ1n) is 9.02. The molecule has 1 heterocycles. The van der Waals surface area contributed by atoms with Gasteiger partial charge in [0.15, 0.2) is 5.69 Å². The van der Waals surface area contributed by atoms with Crippen LogP contribution in [0.4, 0.5) is 4.39 Å². The van der Waals surface area contributed by atoms with Gasteiger partial charge in [-0.15, -0.1) is 0 Å². The second-order valence-electron chi connectivity index (χ2n) is 6.11. The van der Waals surface area contributed by atoms with Gasteiger partial charge in [0.1, 0.15) is 17.3 Å². The van der Waals surface area contributed by atoms with Gasteiger partial charge in [0.2, 0.25) is 0 Å². The molecule has 1 amide bonds. The monoisotopic (exact) mass is 383 g/mol. The number of methoxy groups -OCH3 is 1. The van der Waals surface area contributed by atoms with E-state index in [1.54, 1.807) is 36.2 Å². The highest BCUT2D eigenvalue weighted by atomic mass is 19.1. The number of hydrogen-bond acceptors (Lipinski definition) is 4. The van der Waals surface area contributed by atoms with Crippen LogP contribution in [0.15, 0.2) is 60.8 Å². The third-order valence-electron chi connectivity index (χ3n) is 4.10. The van der Waals surface area contributed by atoms with Crippen LogP contribution in [-0.2, 0) is 0 Å². The quantitative estimate of drug-likeness (QED) is 0.574. The molecule has 0 aliphatic heterocycles. The van der Waals surface area contributed by atoms with Crippen molar-refractivity contribution in [3.63, 3.8) is 0 Å². The molecule has 1 N–H and O–H groups in total. The largest absolute Gasteiger partial charge is 0.497 e. The van der Waals surface area contributed by atoms with Gasteiger partial charge in [0, 0.05) is 12.7 Å². The molecule has 3 rings (SSSR count). The molecule has 0 radical (unpaired) electrons. The van der Waals surface area contributed by atoms with Crippen LogP contribution in [0.2, 0.25) is 0 Å². The van der Waals surface area contributed by atoms with Gasteiger partial charge in [-0.25, -0.2) is 9.07 Å². The summed E-state index contributed by atoms with van der Waals surface area (Å²) in [5.74, 6) is 0.892. The van der Waals surface area contributed by atoms with Gasteiger partial charge < -0.3 is 14.8 Å². The SMILES string of the molecule is COc1ccc(-n2ccc(C(=O)NCCCCOc3ccc(F)cc3)n2)cc1. The van der Waals surface area contributed by atoms with Crippen molar-refractivity contribution in [1.29, 1.82) is 0 Å². The van der Waals surface area contributed by atoms with Gasteiger partial charge in [-0.1, -0.05) is 0 Å². The number of nitrogens with one attached hydrogen (secondary N) is 1. The highest BCUT2D eigenvalue weighted by Gasteiger charge is 2.09. The Hall–Kier alpha value is -3.35. The van der Waals surface area contributed by atoms with E-state index in [9.17, 15) is 9.18 Å². The van der Waals surface area contributed by atoms with Crippen molar-refractivity contribution in [1.82, 2.24) is 15.1 Å². The Morgan fingerprint density at radius 1 is 1.04 bits per heavy atom. The maximum atomic E-state index is 12.8. The van der Waals surface area contributed by atoms with Crippen molar-refractivity contribution in [2.24, 2.45) is 0 Å². The average molecular weight is 383 g/mol. The lowest BCUT2D eigenvalue weighted by molar-refractivity contribution is 0.0947. The number of carbonyl (C=O) groups is 1. The molecule has 0 aliphatic rings. The summed E-state index contributed by atoms with van der Waals surface area (Å²) in [6.45, 7) is 1.04. The number of benzene rings is 2. The van der Waals surface area contributed by atoms with Gasteiger partial charge in [-0.3, -0.25) is 4.79 Å². The van der Waals surface area contributed by atoms with Gasteiger partial charge in [0.05, 0.1) is 19.4 Å². The predicted octanol–water partition coefficient (Wildman–Crippen LogP) is 3.61. The van der Waals surface area contributed by atoms with E-state index in [1.807, 2.05) is 24.3 Å². The van der Waals surface area contributed by atoms with E-state index < -0.39 is 0 Å². The lowest BCUT2D eigenvalue weighted by Gasteiger charge is -2.06. The first-order valence-corrected chi connectivity index (χ1v) is 9.02. The minimum absolute atomic E-state index is 0.216. The van der Waals surface area contributed by atoms with E-state index >= 15 is 0 Å². The van der Waals surface area contributed by atoms with Crippen LogP contribution >= 0.6 is 0 Å². The molecule has 0 saturated carbocycles. The highest BCUT2D eigenvalue weighted by molar-refractivity contribution is 5.92. The molecule has 0 aliphatic carbocycles. The third-order valence-corrected chi connectivity index (χ3v) is 4.10. The van der Waals surface area contributed by atoms with Crippen LogP contribution in [0.1, 0.15) is 23.3 Å². The van der Waals surface area contributed by atoms with Crippen molar-refractivity contribution >= 4 is 5.91 Å². The molecule has 0 spiro atoms. The van der Waals surface area contributed by atoms with Crippen molar-refractivity contribution in [3.05, 3.63) is 72.3 Å². The molecule has 0 atom stereocenters. The molecule has 0 unspecified atom stereocenters. The molecular formula is C21H22FN3O3. The smallest absolute Gasteiger partial charge is 0.271 e. The predicted molar refractivity (Wildman–Crippen MR) is 104 cm³/mol. The van der Waals surface area contributed by atoms with Crippen LogP contribution in [0, 0.1) is 5.82 Å². The molecule has 2 aromatic carbocycles. The third kappa shape index (κ3) is 5.33. The van der Waals surface area contributed by atoms with Gasteiger partial charge in [-0.05, 0) is 67.4 Å². The van der Waals surface area contributed by atoms with E-state index in [2.05, 4.69) is 10.4 Å². The molecule has 28 heavy (non-hydrogen) atoms. The summed E-state index contributed by atoms with van der Waals surface area (Å²) < 4.78 is 25.1. The summed E-state index contributed by atoms with van der Waals surface area (Å²) in [5, 5.41) is 7.15. The standard InChI is InChI=1S/C21H22FN3O3/c1-27-18-10-6-17(7-11-18)25-14-12-20(24-25)21(26)23-13-2-3-15-28-19-8-4-16(22)5-9-19/h4-12,14H,2-3,13,15H2,1H3,(H,23,26). The number of unbranched alkanes of at least 4 members (excludes halogenated alkanes) is 1. The van der Waals surface area contributed by atoms with Gasteiger partial charge in [0.25, 0.3) is 5.91 Å². The lowest BCUT2D eigenvalue weighted by atomic mass is 10.3. The number of carbonyl (C=O) groups excluding carboxylic acids is 1. The number of halogens is 1. The zero-order valence-corrected chi connectivity index (χ0v) is 15.6. The second-order valence-corrected chi connectivity index (χ2v) is 6.11. The van der Waals surface area contributed by atoms with E-state index in [0.717, 1.165) is 24.3 Å². The van der Waals surface area contributed by atoms with Crippen LogP contribution < -0.4 is 14.8 Å².